The summed E-state index contributed by atoms with van der Waals surface area (Å²) in [4.78, 5) is 13.6. The van der Waals surface area contributed by atoms with Crippen LogP contribution in [0.3, 0.4) is 0 Å². The molecule has 8 heteroatoms. The molecule has 0 radical (unpaired) electrons. The Morgan fingerprint density at radius 3 is 2.44 bits per heavy atom. The molecule has 2 rings (SSSR count). The minimum Gasteiger partial charge on any atom is -0.330 e. The summed E-state index contributed by atoms with van der Waals surface area (Å²) in [6.45, 7) is 4.07. The van der Waals surface area contributed by atoms with Crippen molar-refractivity contribution in [2.24, 2.45) is 5.92 Å². The van der Waals surface area contributed by atoms with Gasteiger partial charge in [0.15, 0.2) is 0 Å². The number of hydrogen-bond donors (Lipinski definition) is 2. The molecule has 25 heavy (non-hydrogen) atoms. The van der Waals surface area contributed by atoms with Gasteiger partial charge in [0.05, 0.1) is 10.9 Å². The Morgan fingerprint density at radius 1 is 1.16 bits per heavy atom. The Balaban J connectivity index is 2.13. The van der Waals surface area contributed by atoms with Gasteiger partial charge in [-0.25, -0.2) is 17.5 Å². The van der Waals surface area contributed by atoms with Crippen molar-refractivity contribution < 1.29 is 13.2 Å². The molecule has 0 aliphatic carbocycles. The SMILES string of the molecule is CC(C)[C@@H](NC(=O)Nc1cccc(S(=O)(=O)N(C)C)c1)c1cccs1. The maximum absolute atomic E-state index is 12.3. The van der Waals surface area contributed by atoms with Crippen molar-refractivity contribution in [2.75, 3.05) is 19.4 Å². The van der Waals surface area contributed by atoms with E-state index >= 15 is 0 Å². The van der Waals surface area contributed by atoms with Gasteiger partial charge in [0, 0.05) is 24.7 Å². The third kappa shape index (κ3) is 4.81. The number of anilines is 1. The van der Waals surface area contributed by atoms with E-state index < -0.39 is 10.0 Å². The monoisotopic (exact) mass is 381 g/mol. The molecular formula is C17H23N3O3S2. The third-order valence-electron chi connectivity index (χ3n) is 3.67. The smallest absolute Gasteiger partial charge is 0.319 e. The van der Waals surface area contributed by atoms with Crippen LogP contribution < -0.4 is 10.6 Å². The van der Waals surface area contributed by atoms with Crippen LogP contribution in [0.15, 0.2) is 46.7 Å². The molecule has 1 aromatic heterocycles. The molecule has 1 atom stereocenters. The molecule has 0 saturated heterocycles. The van der Waals surface area contributed by atoms with Crippen LogP contribution in [0.4, 0.5) is 10.5 Å². The van der Waals surface area contributed by atoms with Gasteiger partial charge in [0.25, 0.3) is 0 Å². The van der Waals surface area contributed by atoms with E-state index in [9.17, 15) is 13.2 Å². The second-order valence-corrected chi connectivity index (χ2v) is 9.28. The lowest BCUT2D eigenvalue weighted by atomic mass is 10.0. The normalized spacial score (nSPS) is 13.0. The molecule has 1 heterocycles. The number of urea groups is 1. The number of benzene rings is 1. The molecule has 1 aromatic carbocycles. The highest BCUT2D eigenvalue weighted by Crippen LogP contribution is 2.26. The Bertz CT molecular complexity index is 815. The number of amides is 2. The zero-order chi connectivity index (χ0) is 18.6. The van der Waals surface area contributed by atoms with Gasteiger partial charge in [0.2, 0.25) is 10.0 Å². The van der Waals surface area contributed by atoms with Crippen LogP contribution in [-0.2, 0) is 10.0 Å². The molecule has 0 spiro atoms. The zero-order valence-corrected chi connectivity index (χ0v) is 16.3. The summed E-state index contributed by atoms with van der Waals surface area (Å²) in [6.07, 6.45) is 0. The van der Waals surface area contributed by atoms with Crippen molar-refractivity contribution in [1.82, 2.24) is 9.62 Å². The number of hydrogen-bond acceptors (Lipinski definition) is 4. The number of nitrogens with one attached hydrogen (secondary N) is 2. The number of carbonyl (C=O) groups is 1. The van der Waals surface area contributed by atoms with E-state index in [-0.39, 0.29) is 22.9 Å². The highest BCUT2D eigenvalue weighted by Gasteiger charge is 2.20. The van der Waals surface area contributed by atoms with Crippen LogP contribution in [-0.4, -0.2) is 32.8 Å². The summed E-state index contributed by atoms with van der Waals surface area (Å²) >= 11 is 1.59. The maximum Gasteiger partial charge on any atom is 0.319 e. The lowest BCUT2D eigenvalue weighted by Gasteiger charge is -2.21. The Kier molecular flexibility index (Phi) is 6.21. The average molecular weight is 382 g/mol. The first kappa shape index (κ1) is 19.4. The second kappa shape index (κ2) is 7.99. The average Bonchev–Trinajstić information content (AvgIpc) is 3.06. The Labute approximate surface area is 152 Å². The molecule has 136 valence electrons. The number of rotatable bonds is 6. The van der Waals surface area contributed by atoms with E-state index in [1.807, 2.05) is 31.4 Å². The van der Waals surface area contributed by atoms with Gasteiger partial charge in [0.1, 0.15) is 0 Å². The van der Waals surface area contributed by atoms with Gasteiger partial charge in [-0.05, 0) is 35.6 Å². The first-order chi connectivity index (χ1) is 11.7. The van der Waals surface area contributed by atoms with Gasteiger partial charge in [-0.2, -0.15) is 0 Å². The predicted molar refractivity (Wildman–Crippen MR) is 101 cm³/mol. The molecule has 2 amide bonds. The van der Waals surface area contributed by atoms with Crippen molar-refractivity contribution >= 4 is 33.1 Å². The van der Waals surface area contributed by atoms with E-state index in [1.165, 1.54) is 26.2 Å². The van der Waals surface area contributed by atoms with Crippen LogP contribution in [0.25, 0.3) is 0 Å². The molecular weight excluding hydrogens is 358 g/mol. The fourth-order valence-corrected chi connectivity index (χ4v) is 4.19. The van der Waals surface area contributed by atoms with Crippen molar-refractivity contribution in [3.63, 3.8) is 0 Å². The molecule has 0 aliphatic rings. The highest BCUT2D eigenvalue weighted by atomic mass is 32.2. The van der Waals surface area contributed by atoms with Gasteiger partial charge in [-0.15, -0.1) is 11.3 Å². The molecule has 0 bridgehead atoms. The van der Waals surface area contributed by atoms with Crippen LogP contribution >= 0.6 is 11.3 Å². The fraction of sp³-hybridized carbons (Fsp3) is 0.353. The lowest BCUT2D eigenvalue weighted by Crippen LogP contribution is -2.34. The summed E-state index contributed by atoms with van der Waals surface area (Å²) in [6, 6.07) is 9.67. The van der Waals surface area contributed by atoms with Crippen molar-refractivity contribution in [2.45, 2.75) is 24.8 Å². The molecule has 0 saturated carbocycles. The summed E-state index contributed by atoms with van der Waals surface area (Å²) in [5, 5.41) is 7.63. The lowest BCUT2D eigenvalue weighted by molar-refractivity contribution is 0.245. The quantitative estimate of drug-likeness (QED) is 0.804. The van der Waals surface area contributed by atoms with Crippen LogP contribution in [0.2, 0.25) is 0 Å². The molecule has 0 fully saturated rings. The molecule has 2 aromatic rings. The number of sulfonamides is 1. The Morgan fingerprint density at radius 2 is 1.88 bits per heavy atom. The van der Waals surface area contributed by atoms with E-state index in [0.29, 0.717) is 5.69 Å². The third-order valence-corrected chi connectivity index (χ3v) is 6.44. The van der Waals surface area contributed by atoms with E-state index in [0.717, 1.165) is 9.18 Å². The first-order valence-corrected chi connectivity index (χ1v) is 10.2. The largest absolute Gasteiger partial charge is 0.330 e. The highest BCUT2D eigenvalue weighted by molar-refractivity contribution is 7.89. The summed E-state index contributed by atoms with van der Waals surface area (Å²) in [5.41, 5.74) is 0.425. The van der Waals surface area contributed by atoms with Gasteiger partial charge < -0.3 is 10.6 Å². The minimum atomic E-state index is -3.54. The van der Waals surface area contributed by atoms with Gasteiger partial charge in [-0.1, -0.05) is 26.0 Å². The molecule has 0 aliphatic heterocycles. The van der Waals surface area contributed by atoms with Gasteiger partial charge >= 0.3 is 6.03 Å². The number of nitrogens with zero attached hydrogens (tertiary/aromatic N) is 1. The summed E-state index contributed by atoms with van der Waals surface area (Å²) < 4.78 is 25.5. The number of thiophene rings is 1. The standard InChI is InChI=1S/C17H23N3O3S2/c1-12(2)16(15-9-6-10-24-15)19-17(21)18-13-7-5-8-14(11-13)25(22,23)20(3)4/h5-12,16H,1-4H3,(H2,18,19,21)/t16-/m1/s1. The Hall–Kier alpha value is -1.90. The predicted octanol–water partition coefficient (Wildman–Crippen LogP) is 3.52. The van der Waals surface area contributed by atoms with Crippen LogP contribution in [0.1, 0.15) is 24.8 Å². The molecule has 0 unspecified atom stereocenters. The van der Waals surface area contributed by atoms with Crippen LogP contribution in [0, 0.1) is 5.92 Å². The van der Waals surface area contributed by atoms with Crippen molar-refractivity contribution in [3.8, 4) is 0 Å². The topological polar surface area (TPSA) is 78.5 Å². The summed E-state index contributed by atoms with van der Waals surface area (Å²) in [5.74, 6) is 0.227. The van der Waals surface area contributed by atoms with Gasteiger partial charge in [-0.3, -0.25) is 0 Å². The maximum atomic E-state index is 12.3. The summed E-state index contributed by atoms with van der Waals surface area (Å²) in [7, 11) is -0.607. The second-order valence-electron chi connectivity index (χ2n) is 6.15. The molecule has 2 N–H and O–H groups in total. The van der Waals surface area contributed by atoms with Crippen LogP contribution in [0.5, 0.6) is 0 Å². The molecule has 6 nitrogen and oxygen atoms in total. The van der Waals surface area contributed by atoms with E-state index in [1.54, 1.807) is 23.5 Å². The fourth-order valence-electron chi connectivity index (χ4n) is 2.29. The van der Waals surface area contributed by atoms with E-state index in [4.69, 9.17) is 0 Å². The van der Waals surface area contributed by atoms with Crippen molar-refractivity contribution in [3.05, 3.63) is 46.7 Å². The zero-order valence-electron chi connectivity index (χ0n) is 14.7. The van der Waals surface area contributed by atoms with Crippen molar-refractivity contribution in [1.29, 1.82) is 0 Å². The minimum absolute atomic E-state index is 0.103. The number of carbonyl (C=O) groups excluding carboxylic acids is 1. The first-order valence-electron chi connectivity index (χ1n) is 7.85. The van der Waals surface area contributed by atoms with E-state index in [2.05, 4.69) is 10.6 Å².